The number of piperidine rings is 1. The first kappa shape index (κ1) is 20.4. The first-order chi connectivity index (χ1) is 13.5. The molecular weight excluding hydrogens is 362 g/mol. The van der Waals surface area contributed by atoms with Crippen LogP contribution in [-0.2, 0) is 16.1 Å². The topological polar surface area (TPSA) is 91.3 Å². The Kier molecular flexibility index (Phi) is 6.74. The Bertz CT molecular complexity index is 703. The fourth-order valence-corrected chi connectivity index (χ4v) is 3.80. The Hall–Kier alpha value is -2.32. The predicted octanol–water partition coefficient (Wildman–Crippen LogP) is 0.378. The van der Waals surface area contributed by atoms with Gasteiger partial charge in [0.25, 0.3) is 0 Å². The molecule has 2 fully saturated rings. The number of amides is 2. The number of nitrogens with one attached hydrogen (secondary N) is 1. The molecule has 1 aromatic carbocycles. The van der Waals surface area contributed by atoms with Crippen molar-refractivity contribution < 1.29 is 24.2 Å². The van der Waals surface area contributed by atoms with Crippen LogP contribution in [0.5, 0.6) is 11.5 Å². The molecule has 0 spiro atoms. The van der Waals surface area contributed by atoms with Crippen LogP contribution in [-0.4, -0.2) is 79.3 Å². The Balaban J connectivity index is 1.68. The van der Waals surface area contributed by atoms with Crippen molar-refractivity contribution in [1.82, 2.24) is 15.1 Å². The van der Waals surface area contributed by atoms with Crippen LogP contribution in [0.1, 0.15) is 24.8 Å². The number of aliphatic hydroxyl groups is 1. The third kappa shape index (κ3) is 4.74. The second kappa shape index (κ2) is 9.25. The fourth-order valence-electron chi connectivity index (χ4n) is 3.80. The summed E-state index contributed by atoms with van der Waals surface area (Å²) in [7, 11) is 3.18. The van der Waals surface area contributed by atoms with E-state index in [1.165, 1.54) is 0 Å². The number of ether oxygens (including phenoxy) is 2. The van der Waals surface area contributed by atoms with E-state index in [1.54, 1.807) is 19.1 Å². The molecule has 2 heterocycles. The highest BCUT2D eigenvalue weighted by Crippen LogP contribution is 2.28. The van der Waals surface area contributed by atoms with Gasteiger partial charge in [-0.3, -0.25) is 14.5 Å². The number of likely N-dealkylation sites (tertiary alicyclic amines) is 1. The lowest BCUT2D eigenvalue weighted by Crippen LogP contribution is -2.56. The van der Waals surface area contributed by atoms with E-state index in [0.717, 1.165) is 5.56 Å². The van der Waals surface area contributed by atoms with Crippen molar-refractivity contribution in [1.29, 1.82) is 0 Å². The molecule has 1 aromatic rings. The third-order valence-corrected chi connectivity index (χ3v) is 5.46. The van der Waals surface area contributed by atoms with Crippen molar-refractivity contribution in [3.8, 4) is 11.5 Å². The van der Waals surface area contributed by atoms with Gasteiger partial charge in [-0.15, -0.1) is 0 Å². The Morgan fingerprint density at radius 1 is 1.18 bits per heavy atom. The lowest BCUT2D eigenvalue weighted by molar-refractivity contribution is -0.140. The van der Waals surface area contributed by atoms with Crippen LogP contribution in [0.4, 0.5) is 0 Å². The molecular formula is C20H29N3O5. The molecule has 0 saturated carbocycles. The first-order valence-electron chi connectivity index (χ1n) is 9.70. The minimum Gasteiger partial charge on any atom is -0.493 e. The van der Waals surface area contributed by atoms with Crippen molar-refractivity contribution in [3.05, 3.63) is 23.8 Å². The summed E-state index contributed by atoms with van der Waals surface area (Å²) in [5.41, 5.74) is 0.992. The molecule has 2 aliphatic heterocycles. The number of methoxy groups -OCH3 is 2. The van der Waals surface area contributed by atoms with Gasteiger partial charge in [0.1, 0.15) is 0 Å². The molecule has 2 saturated heterocycles. The molecule has 3 rings (SSSR count). The lowest BCUT2D eigenvalue weighted by atomic mass is 10.0. The third-order valence-electron chi connectivity index (χ3n) is 5.46. The van der Waals surface area contributed by atoms with Crippen molar-refractivity contribution in [2.75, 3.05) is 40.4 Å². The number of rotatable bonds is 6. The molecule has 2 amide bonds. The molecule has 2 N–H and O–H groups in total. The summed E-state index contributed by atoms with van der Waals surface area (Å²) >= 11 is 0. The summed E-state index contributed by atoms with van der Waals surface area (Å²) in [6, 6.07) is 5.19. The second-order valence-electron chi connectivity index (χ2n) is 7.28. The largest absolute Gasteiger partial charge is 0.493 e. The monoisotopic (exact) mass is 391 g/mol. The van der Waals surface area contributed by atoms with E-state index in [4.69, 9.17) is 9.47 Å². The summed E-state index contributed by atoms with van der Waals surface area (Å²) in [5, 5.41) is 12.5. The molecule has 8 nitrogen and oxygen atoms in total. The summed E-state index contributed by atoms with van der Waals surface area (Å²) < 4.78 is 10.6. The quantitative estimate of drug-likeness (QED) is 0.729. The maximum Gasteiger partial charge on any atom is 0.237 e. The normalized spacial score (nSPS) is 21.3. The highest BCUT2D eigenvalue weighted by Gasteiger charge is 2.33. The number of carbonyl (C=O) groups excluding carboxylic acids is 2. The summed E-state index contributed by atoms with van der Waals surface area (Å²) in [4.78, 5) is 29.0. The van der Waals surface area contributed by atoms with Gasteiger partial charge in [-0.1, -0.05) is 6.07 Å². The van der Waals surface area contributed by atoms with Crippen molar-refractivity contribution in [2.45, 2.75) is 38.0 Å². The standard InChI is InChI=1S/C20H29N3O5/c1-27-17-4-3-14(11-18(17)28-2)13-23-10-7-21-20(26)16(23)12-19(25)22-8-5-15(24)6-9-22/h3-4,11,15-16,24H,5-10,12-13H2,1-2H3,(H,21,26)/t16-/m0/s1. The maximum absolute atomic E-state index is 12.7. The zero-order valence-electron chi connectivity index (χ0n) is 16.5. The fraction of sp³-hybridized carbons (Fsp3) is 0.600. The summed E-state index contributed by atoms with van der Waals surface area (Å²) in [6.07, 6.45) is 1.01. The Morgan fingerprint density at radius 3 is 2.57 bits per heavy atom. The molecule has 0 radical (unpaired) electrons. The number of nitrogens with zero attached hydrogens (tertiary/aromatic N) is 2. The maximum atomic E-state index is 12.7. The lowest BCUT2D eigenvalue weighted by Gasteiger charge is -2.37. The molecule has 154 valence electrons. The molecule has 0 aliphatic carbocycles. The number of piperazine rings is 1. The first-order valence-corrected chi connectivity index (χ1v) is 9.70. The molecule has 0 unspecified atom stereocenters. The van der Waals surface area contributed by atoms with Crippen LogP contribution in [0, 0.1) is 0 Å². The minimum atomic E-state index is -0.499. The molecule has 1 atom stereocenters. The van der Waals surface area contributed by atoms with E-state index < -0.39 is 6.04 Å². The van der Waals surface area contributed by atoms with Crippen LogP contribution in [0.2, 0.25) is 0 Å². The number of hydrogen-bond donors (Lipinski definition) is 2. The average molecular weight is 391 g/mol. The van der Waals surface area contributed by atoms with Gasteiger partial charge in [-0.05, 0) is 30.5 Å². The SMILES string of the molecule is COc1ccc(CN2CCNC(=O)[C@@H]2CC(=O)N2CCC(O)CC2)cc1OC. The van der Waals surface area contributed by atoms with Gasteiger partial charge in [-0.2, -0.15) is 0 Å². The van der Waals surface area contributed by atoms with E-state index in [0.29, 0.717) is 57.1 Å². The molecule has 28 heavy (non-hydrogen) atoms. The zero-order valence-corrected chi connectivity index (χ0v) is 16.5. The molecule has 0 bridgehead atoms. The highest BCUT2D eigenvalue weighted by atomic mass is 16.5. The van der Waals surface area contributed by atoms with Gasteiger partial charge in [-0.25, -0.2) is 0 Å². The van der Waals surface area contributed by atoms with Gasteiger partial charge < -0.3 is 24.8 Å². The smallest absolute Gasteiger partial charge is 0.237 e. The Morgan fingerprint density at radius 2 is 1.89 bits per heavy atom. The van der Waals surface area contributed by atoms with Crippen LogP contribution < -0.4 is 14.8 Å². The predicted molar refractivity (Wildman–Crippen MR) is 103 cm³/mol. The Labute approximate surface area is 165 Å². The molecule has 0 aromatic heterocycles. The van der Waals surface area contributed by atoms with Crippen LogP contribution in [0.25, 0.3) is 0 Å². The average Bonchev–Trinajstić information content (AvgIpc) is 2.70. The number of carbonyl (C=O) groups is 2. The summed E-state index contributed by atoms with van der Waals surface area (Å²) in [6.45, 7) is 2.88. The van der Waals surface area contributed by atoms with Gasteiger partial charge in [0, 0.05) is 32.7 Å². The second-order valence-corrected chi connectivity index (χ2v) is 7.28. The van der Waals surface area contributed by atoms with Crippen molar-refractivity contribution >= 4 is 11.8 Å². The van der Waals surface area contributed by atoms with Gasteiger partial charge in [0.15, 0.2) is 11.5 Å². The van der Waals surface area contributed by atoms with Crippen LogP contribution >= 0.6 is 0 Å². The molecule has 2 aliphatic rings. The highest BCUT2D eigenvalue weighted by molar-refractivity contribution is 5.88. The van der Waals surface area contributed by atoms with Crippen molar-refractivity contribution in [2.24, 2.45) is 0 Å². The van der Waals surface area contributed by atoms with Gasteiger partial charge in [0.2, 0.25) is 11.8 Å². The van der Waals surface area contributed by atoms with Crippen LogP contribution in [0.15, 0.2) is 18.2 Å². The molecule has 8 heteroatoms. The van der Waals surface area contributed by atoms with Crippen LogP contribution in [0.3, 0.4) is 0 Å². The van der Waals surface area contributed by atoms with E-state index in [9.17, 15) is 14.7 Å². The van der Waals surface area contributed by atoms with E-state index in [1.807, 2.05) is 23.1 Å². The number of benzene rings is 1. The van der Waals surface area contributed by atoms with Crippen molar-refractivity contribution in [3.63, 3.8) is 0 Å². The van der Waals surface area contributed by atoms with Gasteiger partial charge >= 0.3 is 0 Å². The minimum absolute atomic E-state index is 0.0359. The summed E-state index contributed by atoms with van der Waals surface area (Å²) in [5.74, 6) is 1.14. The number of hydrogen-bond acceptors (Lipinski definition) is 6. The van der Waals surface area contributed by atoms with E-state index in [-0.39, 0.29) is 24.3 Å². The van der Waals surface area contributed by atoms with E-state index in [2.05, 4.69) is 5.32 Å². The zero-order chi connectivity index (χ0) is 20.1. The number of aliphatic hydroxyl groups excluding tert-OH is 1. The van der Waals surface area contributed by atoms with E-state index >= 15 is 0 Å². The van der Waals surface area contributed by atoms with Gasteiger partial charge in [0.05, 0.1) is 32.8 Å².